The first-order chi connectivity index (χ1) is 13.4. The van der Waals surface area contributed by atoms with Crippen LogP contribution in [0.3, 0.4) is 0 Å². The molecule has 13 heteroatoms. The molecule has 0 aliphatic rings. The van der Waals surface area contributed by atoms with Crippen molar-refractivity contribution in [2.24, 2.45) is 0 Å². The van der Waals surface area contributed by atoms with E-state index in [2.05, 4.69) is 4.72 Å². The Morgan fingerprint density at radius 2 is 1.90 bits per heavy atom. The Balaban J connectivity index is 2.30. The van der Waals surface area contributed by atoms with Gasteiger partial charge in [-0.25, -0.2) is 8.42 Å². The fourth-order valence-electron chi connectivity index (χ4n) is 2.21. The van der Waals surface area contributed by atoms with Crippen molar-refractivity contribution in [2.75, 3.05) is 18.4 Å². The van der Waals surface area contributed by atoms with Crippen LogP contribution in [0.15, 0.2) is 47.4 Å². The van der Waals surface area contributed by atoms with Gasteiger partial charge in [-0.05, 0) is 30.3 Å². The normalized spacial score (nSPS) is 11.6. The third-order valence-electron chi connectivity index (χ3n) is 3.48. The summed E-state index contributed by atoms with van der Waals surface area (Å²) in [6, 6.07) is 7.76. The van der Waals surface area contributed by atoms with Crippen molar-refractivity contribution in [1.29, 1.82) is 0 Å². The zero-order valence-electron chi connectivity index (χ0n) is 14.7. The molecule has 0 bridgehead atoms. The van der Waals surface area contributed by atoms with Crippen molar-refractivity contribution in [2.45, 2.75) is 11.1 Å². The standard InChI is InChI=1S/C16H14F3N3O6S/c1-28-12-5-6-14(13(8-12)22(24)25)29(26,27)21-11-4-2-3-10(7-11)15(23)20-9-16(17,18)19/h2-8,21H,9H2,1H3,(H,20,23). The van der Waals surface area contributed by atoms with Crippen LogP contribution < -0.4 is 14.8 Å². The SMILES string of the molecule is COc1ccc(S(=O)(=O)Nc2cccc(C(=O)NCC(F)(F)F)c2)c([N+](=O)[O-])c1. The van der Waals surface area contributed by atoms with Gasteiger partial charge < -0.3 is 10.1 Å². The number of hydrogen-bond acceptors (Lipinski definition) is 6. The summed E-state index contributed by atoms with van der Waals surface area (Å²) < 4.78 is 68.6. The predicted molar refractivity (Wildman–Crippen MR) is 95.3 cm³/mol. The molecular formula is C16H14F3N3O6S. The molecule has 0 spiro atoms. The van der Waals surface area contributed by atoms with E-state index in [9.17, 15) is 36.5 Å². The molecule has 0 heterocycles. The number of alkyl halides is 3. The number of benzene rings is 2. The highest BCUT2D eigenvalue weighted by atomic mass is 32.2. The largest absolute Gasteiger partial charge is 0.497 e. The smallest absolute Gasteiger partial charge is 0.405 e. The first-order valence-corrected chi connectivity index (χ1v) is 9.21. The number of halogens is 3. The molecule has 0 aromatic heterocycles. The summed E-state index contributed by atoms with van der Waals surface area (Å²) in [4.78, 5) is 21.4. The number of nitrogens with one attached hydrogen (secondary N) is 2. The van der Waals surface area contributed by atoms with Gasteiger partial charge in [-0.1, -0.05) is 6.07 Å². The summed E-state index contributed by atoms with van der Waals surface area (Å²) in [7, 11) is -3.20. The van der Waals surface area contributed by atoms with Crippen LogP contribution in [-0.4, -0.2) is 39.1 Å². The van der Waals surface area contributed by atoms with Crippen molar-refractivity contribution in [1.82, 2.24) is 5.32 Å². The molecular weight excluding hydrogens is 419 g/mol. The number of sulfonamides is 1. The second-order valence-corrected chi connectivity index (χ2v) is 7.23. The second-order valence-electron chi connectivity index (χ2n) is 5.57. The van der Waals surface area contributed by atoms with Crippen molar-refractivity contribution >= 4 is 27.3 Å². The Bertz CT molecular complexity index is 1040. The van der Waals surface area contributed by atoms with E-state index in [0.29, 0.717) is 0 Å². The van der Waals surface area contributed by atoms with Gasteiger partial charge in [-0.3, -0.25) is 19.6 Å². The number of nitro groups is 1. The molecule has 9 nitrogen and oxygen atoms in total. The molecule has 29 heavy (non-hydrogen) atoms. The van der Waals surface area contributed by atoms with Crippen LogP contribution >= 0.6 is 0 Å². The van der Waals surface area contributed by atoms with Gasteiger partial charge in [-0.15, -0.1) is 0 Å². The van der Waals surface area contributed by atoms with Crippen molar-refractivity contribution in [3.63, 3.8) is 0 Å². The Morgan fingerprint density at radius 1 is 1.21 bits per heavy atom. The van der Waals surface area contributed by atoms with E-state index in [1.807, 2.05) is 0 Å². The molecule has 0 unspecified atom stereocenters. The molecule has 2 N–H and O–H groups in total. The topological polar surface area (TPSA) is 128 Å². The van der Waals surface area contributed by atoms with Crippen molar-refractivity contribution in [3.05, 3.63) is 58.1 Å². The highest BCUT2D eigenvalue weighted by Crippen LogP contribution is 2.29. The van der Waals surface area contributed by atoms with Gasteiger partial charge in [0, 0.05) is 11.3 Å². The van der Waals surface area contributed by atoms with Gasteiger partial charge in [0.05, 0.1) is 18.1 Å². The molecule has 156 valence electrons. The average Bonchev–Trinajstić information content (AvgIpc) is 2.64. The Kier molecular flexibility index (Phi) is 6.31. The van der Waals surface area contributed by atoms with E-state index in [1.165, 1.54) is 31.4 Å². The molecule has 0 aliphatic carbocycles. The number of carbonyl (C=O) groups is 1. The van der Waals surface area contributed by atoms with Crippen molar-refractivity contribution in [3.8, 4) is 5.75 Å². The van der Waals surface area contributed by atoms with Crippen LogP contribution in [0.2, 0.25) is 0 Å². The van der Waals surface area contributed by atoms with Crippen LogP contribution in [0.1, 0.15) is 10.4 Å². The van der Waals surface area contributed by atoms with Gasteiger partial charge in [-0.2, -0.15) is 13.2 Å². The van der Waals surface area contributed by atoms with Crippen LogP contribution in [0.5, 0.6) is 5.75 Å². The first-order valence-electron chi connectivity index (χ1n) is 7.73. The van der Waals surface area contributed by atoms with E-state index in [4.69, 9.17) is 4.74 Å². The lowest BCUT2D eigenvalue weighted by molar-refractivity contribution is -0.387. The van der Waals surface area contributed by atoms with Crippen LogP contribution in [0.25, 0.3) is 0 Å². The minimum Gasteiger partial charge on any atom is -0.497 e. The maximum Gasteiger partial charge on any atom is 0.405 e. The lowest BCUT2D eigenvalue weighted by atomic mass is 10.2. The average molecular weight is 433 g/mol. The number of methoxy groups -OCH3 is 1. The van der Waals surface area contributed by atoms with Crippen LogP contribution in [0, 0.1) is 10.1 Å². The maximum absolute atomic E-state index is 12.6. The molecule has 0 saturated heterocycles. The summed E-state index contributed by atoms with van der Waals surface area (Å²) in [6.07, 6.45) is -4.61. The highest BCUT2D eigenvalue weighted by molar-refractivity contribution is 7.92. The van der Waals surface area contributed by atoms with Crippen LogP contribution in [-0.2, 0) is 10.0 Å². The third-order valence-corrected chi connectivity index (χ3v) is 4.91. The second kappa shape index (κ2) is 8.34. The molecule has 0 atom stereocenters. The summed E-state index contributed by atoms with van der Waals surface area (Å²) in [5, 5.41) is 12.9. The Morgan fingerprint density at radius 3 is 2.48 bits per heavy atom. The quantitative estimate of drug-likeness (QED) is 0.511. The minimum atomic E-state index is -4.61. The molecule has 0 radical (unpaired) electrons. The summed E-state index contributed by atoms with van der Waals surface area (Å²) in [5.41, 5.74) is -1.15. The molecule has 0 fully saturated rings. The molecule has 2 rings (SSSR count). The van der Waals surface area contributed by atoms with E-state index < -0.39 is 44.2 Å². The number of nitro benzene ring substituents is 1. The zero-order chi connectivity index (χ0) is 21.8. The summed E-state index contributed by atoms with van der Waals surface area (Å²) in [5.74, 6) is -1.00. The van der Waals surface area contributed by atoms with Crippen molar-refractivity contribution < 1.29 is 36.0 Å². The number of rotatable bonds is 7. The fraction of sp³-hybridized carbons (Fsp3) is 0.188. The third kappa shape index (κ3) is 5.81. The lowest BCUT2D eigenvalue weighted by Crippen LogP contribution is -2.33. The molecule has 0 aliphatic heterocycles. The molecule has 1 amide bonds. The summed E-state index contributed by atoms with van der Waals surface area (Å²) in [6.45, 7) is -1.56. The van der Waals surface area contributed by atoms with Gasteiger partial charge in [0.2, 0.25) is 0 Å². The first kappa shape index (κ1) is 21.9. The van der Waals surface area contributed by atoms with E-state index >= 15 is 0 Å². The summed E-state index contributed by atoms with van der Waals surface area (Å²) >= 11 is 0. The molecule has 2 aromatic rings. The van der Waals surface area contributed by atoms with E-state index in [-0.39, 0.29) is 17.0 Å². The molecule has 2 aromatic carbocycles. The Labute approximate surface area is 162 Å². The number of hydrogen-bond donors (Lipinski definition) is 2. The fourth-order valence-corrected chi connectivity index (χ4v) is 3.41. The van der Waals surface area contributed by atoms with Gasteiger partial charge in [0.25, 0.3) is 21.6 Å². The molecule has 0 saturated carbocycles. The maximum atomic E-state index is 12.6. The van der Waals surface area contributed by atoms with Gasteiger partial charge >= 0.3 is 6.18 Å². The number of anilines is 1. The Hall–Kier alpha value is -3.35. The monoisotopic (exact) mass is 433 g/mol. The zero-order valence-corrected chi connectivity index (χ0v) is 15.5. The van der Waals surface area contributed by atoms with E-state index in [0.717, 1.165) is 18.2 Å². The number of carbonyl (C=O) groups excluding carboxylic acids is 1. The lowest BCUT2D eigenvalue weighted by Gasteiger charge is -2.11. The number of nitrogens with zero attached hydrogens (tertiary/aromatic N) is 1. The van der Waals surface area contributed by atoms with E-state index in [1.54, 1.807) is 5.32 Å². The predicted octanol–water partition coefficient (Wildman–Crippen LogP) is 2.70. The van der Waals surface area contributed by atoms with Gasteiger partial charge in [0.1, 0.15) is 12.3 Å². The minimum absolute atomic E-state index is 0.0685. The number of amides is 1. The van der Waals surface area contributed by atoms with Gasteiger partial charge in [0.15, 0.2) is 4.90 Å². The van der Waals surface area contributed by atoms with Crippen LogP contribution in [0.4, 0.5) is 24.5 Å². The number of ether oxygens (including phenoxy) is 1. The highest BCUT2D eigenvalue weighted by Gasteiger charge is 2.29.